The predicted octanol–water partition coefficient (Wildman–Crippen LogP) is 3.20. The van der Waals surface area contributed by atoms with Crippen LogP contribution in [0, 0.1) is 16.7 Å². The maximum atomic E-state index is 8.89. The predicted molar refractivity (Wildman–Crippen MR) is 77.6 cm³/mol. The van der Waals surface area contributed by atoms with E-state index < -0.39 is 5.79 Å². The van der Waals surface area contributed by atoms with E-state index in [0.29, 0.717) is 26.1 Å². The van der Waals surface area contributed by atoms with Gasteiger partial charge in [-0.2, -0.15) is 5.26 Å². The van der Waals surface area contributed by atoms with Crippen LogP contribution in [0.25, 0.3) is 0 Å². The zero-order valence-electron chi connectivity index (χ0n) is 13.5. The molecule has 1 aromatic rings. The highest BCUT2D eigenvalue weighted by Crippen LogP contribution is 2.41. The van der Waals surface area contributed by atoms with Crippen LogP contribution < -0.4 is 0 Å². The Balaban J connectivity index is 2.14. The van der Waals surface area contributed by atoms with Crippen molar-refractivity contribution in [1.29, 1.82) is 5.26 Å². The van der Waals surface area contributed by atoms with Crippen molar-refractivity contribution in [3.05, 3.63) is 17.5 Å². The van der Waals surface area contributed by atoms with Crippen LogP contribution in [0.2, 0.25) is 0 Å². The van der Waals surface area contributed by atoms with E-state index >= 15 is 0 Å². The number of rotatable bonds is 5. The minimum absolute atomic E-state index is 0.225. The fourth-order valence-corrected chi connectivity index (χ4v) is 2.52. The van der Waals surface area contributed by atoms with Gasteiger partial charge in [-0.05, 0) is 6.92 Å². The first-order chi connectivity index (χ1) is 9.70. The molecule has 5 nitrogen and oxygen atoms in total. The molecule has 1 fully saturated rings. The van der Waals surface area contributed by atoms with Gasteiger partial charge >= 0.3 is 0 Å². The van der Waals surface area contributed by atoms with Crippen molar-refractivity contribution in [2.24, 2.45) is 5.41 Å². The maximum absolute atomic E-state index is 8.89. The van der Waals surface area contributed by atoms with Gasteiger partial charge in [0.05, 0.1) is 25.0 Å². The van der Waals surface area contributed by atoms with Crippen molar-refractivity contribution in [3.8, 4) is 6.07 Å². The normalized spacial score (nSPS) is 18.7. The number of hydrogen-bond donors (Lipinski definition) is 0. The number of hydrogen-bond acceptors (Lipinski definition) is 5. The van der Waals surface area contributed by atoms with Gasteiger partial charge in [0.1, 0.15) is 5.76 Å². The Morgan fingerprint density at radius 2 is 1.90 bits per heavy atom. The third-order valence-corrected chi connectivity index (χ3v) is 4.44. The summed E-state index contributed by atoms with van der Waals surface area (Å²) >= 11 is 0. The van der Waals surface area contributed by atoms with E-state index in [4.69, 9.17) is 19.3 Å². The lowest BCUT2D eigenvalue weighted by molar-refractivity contribution is -0.214. The van der Waals surface area contributed by atoms with Crippen molar-refractivity contribution in [1.82, 2.24) is 5.16 Å². The van der Waals surface area contributed by atoms with Crippen LogP contribution in [-0.2, 0) is 21.3 Å². The monoisotopic (exact) mass is 292 g/mol. The lowest BCUT2D eigenvalue weighted by atomic mass is 9.79. The highest BCUT2D eigenvalue weighted by Gasteiger charge is 2.46. The van der Waals surface area contributed by atoms with Crippen molar-refractivity contribution < 1.29 is 14.0 Å². The van der Waals surface area contributed by atoms with E-state index in [9.17, 15) is 0 Å². The molecular formula is C16H24N2O3. The number of aromatic nitrogens is 1. The van der Waals surface area contributed by atoms with Gasteiger partial charge in [-0.25, -0.2) is 0 Å². The molecule has 0 radical (unpaired) electrons. The van der Waals surface area contributed by atoms with Gasteiger partial charge in [-0.1, -0.05) is 32.9 Å². The zero-order chi connectivity index (χ0) is 15.7. The molecule has 0 bridgehead atoms. The minimum Gasteiger partial charge on any atom is -0.361 e. The molecule has 116 valence electrons. The van der Waals surface area contributed by atoms with Crippen molar-refractivity contribution in [2.45, 2.75) is 58.7 Å². The SMILES string of the molecule is CC(C)(CC#N)c1cc(CC(C)(C)C2(C)OCCO2)no1. The second kappa shape index (κ2) is 5.43. The van der Waals surface area contributed by atoms with Crippen LogP contribution in [0.3, 0.4) is 0 Å². The average Bonchev–Trinajstić information content (AvgIpc) is 2.99. The molecule has 1 aromatic heterocycles. The summed E-state index contributed by atoms with van der Waals surface area (Å²) in [5.74, 6) is 0.141. The molecule has 0 aliphatic carbocycles. The smallest absolute Gasteiger partial charge is 0.171 e. The van der Waals surface area contributed by atoms with Crippen LogP contribution >= 0.6 is 0 Å². The van der Waals surface area contributed by atoms with Gasteiger partial charge in [0.25, 0.3) is 0 Å². The molecule has 0 saturated carbocycles. The van der Waals surface area contributed by atoms with E-state index in [2.05, 4.69) is 25.1 Å². The van der Waals surface area contributed by atoms with E-state index in [1.165, 1.54) is 0 Å². The quantitative estimate of drug-likeness (QED) is 0.833. The summed E-state index contributed by atoms with van der Waals surface area (Å²) in [4.78, 5) is 0. The van der Waals surface area contributed by atoms with Gasteiger partial charge in [0.15, 0.2) is 5.79 Å². The Morgan fingerprint density at radius 1 is 1.29 bits per heavy atom. The minimum atomic E-state index is -0.603. The molecule has 0 atom stereocenters. The first kappa shape index (κ1) is 16.0. The van der Waals surface area contributed by atoms with Crippen LogP contribution in [0.5, 0.6) is 0 Å². The highest BCUT2D eigenvalue weighted by molar-refractivity contribution is 5.17. The van der Waals surface area contributed by atoms with Gasteiger partial charge in [-0.15, -0.1) is 0 Å². The second-order valence-corrected chi connectivity index (χ2v) is 7.10. The summed E-state index contributed by atoms with van der Waals surface area (Å²) in [6, 6.07) is 4.13. The molecule has 0 amide bonds. The molecule has 2 rings (SSSR count). The first-order valence-electron chi connectivity index (χ1n) is 7.31. The zero-order valence-corrected chi connectivity index (χ0v) is 13.5. The Bertz CT molecular complexity index is 534. The van der Waals surface area contributed by atoms with E-state index in [-0.39, 0.29) is 10.8 Å². The first-order valence-corrected chi connectivity index (χ1v) is 7.31. The Hall–Kier alpha value is -1.38. The lowest BCUT2D eigenvalue weighted by Gasteiger charge is -2.38. The third kappa shape index (κ3) is 3.12. The fraction of sp³-hybridized carbons (Fsp3) is 0.750. The van der Waals surface area contributed by atoms with E-state index in [1.807, 2.05) is 26.8 Å². The molecule has 21 heavy (non-hydrogen) atoms. The maximum Gasteiger partial charge on any atom is 0.171 e. The molecular weight excluding hydrogens is 268 g/mol. The topological polar surface area (TPSA) is 68.3 Å². The lowest BCUT2D eigenvalue weighted by Crippen LogP contribution is -2.44. The van der Waals surface area contributed by atoms with E-state index in [1.54, 1.807) is 0 Å². The number of ether oxygens (including phenoxy) is 2. The van der Waals surface area contributed by atoms with Crippen molar-refractivity contribution in [3.63, 3.8) is 0 Å². The molecule has 0 aromatic carbocycles. The van der Waals surface area contributed by atoms with Crippen LogP contribution in [0.4, 0.5) is 0 Å². The fourth-order valence-electron chi connectivity index (χ4n) is 2.52. The standard InChI is InChI=1S/C16H24N2O3/c1-14(2,6-7-17)13-10-12(18-21-13)11-15(3,4)16(5)19-8-9-20-16/h10H,6,8-9,11H2,1-5H3. The second-order valence-electron chi connectivity index (χ2n) is 7.10. The summed E-state index contributed by atoms with van der Waals surface area (Å²) in [5, 5.41) is 13.0. The average molecular weight is 292 g/mol. The van der Waals surface area contributed by atoms with Gasteiger partial charge in [0.2, 0.25) is 0 Å². The van der Waals surface area contributed by atoms with Crippen LogP contribution in [0.15, 0.2) is 10.6 Å². The molecule has 0 unspecified atom stereocenters. The van der Waals surface area contributed by atoms with Crippen LogP contribution in [0.1, 0.15) is 52.5 Å². The van der Waals surface area contributed by atoms with Crippen molar-refractivity contribution >= 4 is 0 Å². The Labute approximate surface area is 126 Å². The van der Waals surface area contributed by atoms with E-state index in [0.717, 1.165) is 11.5 Å². The molecule has 0 N–H and O–H groups in total. The van der Waals surface area contributed by atoms with Gasteiger partial charge in [0, 0.05) is 29.7 Å². The summed E-state index contributed by atoms with van der Waals surface area (Å²) in [7, 11) is 0. The summed E-state index contributed by atoms with van der Waals surface area (Å²) in [5.41, 5.74) is 0.312. The number of nitriles is 1. The van der Waals surface area contributed by atoms with Crippen molar-refractivity contribution in [2.75, 3.05) is 13.2 Å². The molecule has 1 saturated heterocycles. The number of nitrogens with zero attached hydrogens (tertiary/aromatic N) is 2. The van der Waals surface area contributed by atoms with Gasteiger partial charge in [-0.3, -0.25) is 0 Å². The molecule has 5 heteroatoms. The summed E-state index contributed by atoms with van der Waals surface area (Å²) in [6.45, 7) is 11.4. The van der Waals surface area contributed by atoms with Crippen LogP contribution in [-0.4, -0.2) is 24.2 Å². The third-order valence-electron chi connectivity index (χ3n) is 4.44. The molecule has 1 aliphatic heterocycles. The highest BCUT2D eigenvalue weighted by atomic mass is 16.7. The Morgan fingerprint density at radius 3 is 2.48 bits per heavy atom. The van der Waals surface area contributed by atoms with Gasteiger partial charge < -0.3 is 14.0 Å². The summed E-state index contributed by atoms with van der Waals surface area (Å²) in [6.07, 6.45) is 1.09. The Kier molecular flexibility index (Phi) is 4.14. The molecule has 1 aliphatic rings. The largest absolute Gasteiger partial charge is 0.361 e. The summed E-state index contributed by atoms with van der Waals surface area (Å²) < 4.78 is 17.0. The molecule has 2 heterocycles. The molecule has 0 spiro atoms.